The van der Waals surface area contributed by atoms with Crippen molar-refractivity contribution in [2.75, 3.05) is 0 Å². The maximum atomic E-state index is 11.9. The summed E-state index contributed by atoms with van der Waals surface area (Å²) < 4.78 is 39.8. The molecule has 4 nitrogen and oxygen atoms in total. The zero-order chi connectivity index (χ0) is 10.1. The lowest BCUT2D eigenvalue weighted by atomic mass is 10.2. The normalized spacial score (nSPS) is 14.5. The van der Waals surface area contributed by atoms with Gasteiger partial charge in [-0.1, -0.05) is 12.1 Å². The van der Waals surface area contributed by atoms with E-state index in [1.54, 1.807) is 6.92 Å². The summed E-state index contributed by atoms with van der Waals surface area (Å²) in [6.07, 6.45) is -4.14. The monoisotopic (exact) mass is 195 g/mol. The number of hydrogen-bond acceptors (Lipinski definition) is 4. The molecule has 1 aromatic rings. The summed E-state index contributed by atoms with van der Waals surface area (Å²) in [5.41, 5.74) is 5.40. The lowest BCUT2D eigenvalue weighted by Gasteiger charge is -2.00. The SMILES string of the molecule is CCC(N)c1noc(C(F)(F)F)n1. The highest BCUT2D eigenvalue weighted by Gasteiger charge is 2.38. The van der Waals surface area contributed by atoms with Gasteiger partial charge in [0.2, 0.25) is 0 Å². The Hall–Kier alpha value is -1.11. The number of nitrogens with two attached hydrogens (primary N) is 1. The Balaban J connectivity index is 2.87. The van der Waals surface area contributed by atoms with Crippen LogP contribution in [-0.4, -0.2) is 10.1 Å². The van der Waals surface area contributed by atoms with Crippen molar-refractivity contribution < 1.29 is 17.7 Å². The van der Waals surface area contributed by atoms with Gasteiger partial charge in [-0.15, -0.1) is 0 Å². The van der Waals surface area contributed by atoms with Crippen molar-refractivity contribution in [1.29, 1.82) is 0 Å². The van der Waals surface area contributed by atoms with Crippen LogP contribution in [0.25, 0.3) is 0 Å². The molecule has 0 amide bonds. The van der Waals surface area contributed by atoms with Crippen LogP contribution in [0.4, 0.5) is 13.2 Å². The van der Waals surface area contributed by atoms with Gasteiger partial charge in [-0.05, 0) is 6.42 Å². The third kappa shape index (κ3) is 2.18. The van der Waals surface area contributed by atoms with Crippen molar-refractivity contribution in [2.45, 2.75) is 25.6 Å². The van der Waals surface area contributed by atoms with Gasteiger partial charge in [0.15, 0.2) is 5.82 Å². The molecule has 0 fully saturated rings. The Bertz CT molecular complexity index is 283. The van der Waals surface area contributed by atoms with E-state index in [0.717, 1.165) is 0 Å². The molecular formula is C6H8F3N3O. The first kappa shape index (κ1) is 9.97. The minimum Gasteiger partial charge on any atom is -0.329 e. The molecule has 0 aliphatic rings. The zero-order valence-electron chi connectivity index (χ0n) is 6.80. The number of hydrogen-bond donors (Lipinski definition) is 1. The molecule has 0 saturated carbocycles. The fourth-order valence-electron chi connectivity index (χ4n) is 0.683. The van der Waals surface area contributed by atoms with Crippen LogP contribution in [0, 0.1) is 0 Å². The second-order valence-electron chi connectivity index (χ2n) is 2.47. The van der Waals surface area contributed by atoms with E-state index in [4.69, 9.17) is 5.73 Å². The predicted octanol–water partition coefficient (Wildman–Crippen LogP) is 1.50. The average molecular weight is 195 g/mol. The van der Waals surface area contributed by atoms with Gasteiger partial charge in [0, 0.05) is 0 Å². The van der Waals surface area contributed by atoms with E-state index in [9.17, 15) is 13.2 Å². The van der Waals surface area contributed by atoms with E-state index < -0.39 is 18.1 Å². The van der Waals surface area contributed by atoms with Gasteiger partial charge in [0.25, 0.3) is 0 Å². The second-order valence-corrected chi connectivity index (χ2v) is 2.47. The fourth-order valence-corrected chi connectivity index (χ4v) is 0.683. The Morgan fingerprint density at radius 2 is 2.15 bits per heavy atom. The maximum Gasteiger partial charge on any atom is 0.471 e. The number of nitrogens with zero attached hydrogens (tertiary/aromatic N) is 2. The molecule has 1 unspecified atom stereocenters. The van der Waals surface area contributed by atoms with Gasteiger partial charge in [-0.2, -0.15) is 18.2 Å². The van der Waals surface area contributed by atoms with Crippen molar-refractivity contribution in [3.63, 3.8) is 0 Å². The first-order chi connectivity index (χ1) is 5.95. The first-order valence-electron chi connectivity index (χ1n) is 3.61. The standard InChI is InChI=1S/C6H8F3N3O/c1-2-3(10)4-11-5(13-12-4)6(7,8)9/h3H,2,10H2,1H3. The highest BCUT2D eigenvalue weighted by Crippen LogP contribution is 2.28. The van der Waals surface area contributed by atoms with E-state index in [-0.39, 0.29) is 5.82 Å². The smallest absolute Gasteiger partial charge is 0.329 e. The van der Waals surface area contributed by atoms with Gasteiger partial charge < -0.3 is 10.3 Å². The van der Waals surface area contributed by atoms with Crippen LogP contribution in [0.1, 0.15) is 31.1 Å². The number of aromatic nitrogens is 2. The number of halogens is 3. The largest absolute Gasteiger partial charge is 0.471 e. The average Bonchev–Trinajstić information content (AvgIpc) is 2.50. The molecule has 0 aliphatic heterocycles. The molecule has 1 aromatic heterocycles. The highest BCUT2D eigenvalue weighted by atomic mass is 19.4. The molecule has 0 aromatic carbocycles. The summed E-state index contributed by atoms with van der Waals surface area (Å²) in [5, 5.41) is 3.12. The molecule has 0 bridgehead atoms. The van der Waals surface area contributed by atoms with Crippen LogP contribution in [0.15, 0.2) is 4.52 Å². The van der Waals surface area contributed by atoms with Crippen LogP contribution in [0.5, 0.6) is 0 Å². The molecule has 13 heavy (non-hydrogen) atoms. The molecule has 2 N–H and O–H groups in total. The van der Waals surface area contributed by atoms with Crippen LogP contribution < -0.4 is 5.73 Å². The Morgan fingerprint density at radius 3 is 2.54 bits per heavy atom. The summed E-state index contributed by atoms with van der Waals surface area (Å²) in [5.74, 6) is -1.47. The predicted molar refractivity (Wildman–Crippen MR) is 36.5 cm³/mol. The summed E-state index contributed by atoms with van der Waals surface area (Å²) in [7, 11) is 0. The van der Waals surface area contributed by atoms with E-state index >= 15 is 0 Å². The van der Waals surface area contributed by atoms with E-state index in [2.05, 4.69) is 14.7 Å². The van der Waals surface area contributed by atoms with Crippen molar-refractivity contribution in [3.8, 4) is 0 Å². The van der Waals surface area contributed by atoms with Gasteiger partial charge in [-0.3, -0.25) is 0 Å². The minimum atomic E-state index is -4.60. The summed E-state index contributed by atoms with van der Waals surface area (Å²) >= 11 is 0. The quantitative estimate of drug-likeness (QED) is 0.776. The molecule has 74 valence electrons. The molecule has 0 spiro atoms. The van der Waals surface area contributed by atoms with E-state index in [1.807, 2.05) is 0 Å². The molecule has 1 atom stereocenters. The summed E-state index contributed by atoms with van der Waals surface area (Å²) in [6, 6.07) is -0.611. The van der Waals surface area contributed by atoms with Crippen molar-refractivity contribution >= 4 is 0 Å². The molecule has 0 radical (unpaired) electrons. The Labute approximate surface area is 71.9 Å². The van der Waals surface area contributed by atoms with Crippen LogP contribution in [0.3, 0.4) is 0 Å². The van der Waals surface area contributed by atoms with E-state index in [1.165, 1.54) is 0 Å². The maximum absolute atomic E-state index is 11.9. The van der Waals surface area contributed by atoms with Crippen molar-refractivity contribution in [2.24, 2.45) is 5.73 Å². The summed E-state index contributed by atoms with van der Waals surface area (Å²) in [6.45, 7) is 1.72. The van der Waals surface area contributed by atoms with Gasteiger partial charge in [0.05, 0.1) is 6.04 Å². The highest BCUT2D eigenvalue weighted by molar-refractivity contribution is 4.94. The molecular weight excluding hydrogens is 187 g/mol. The molecule has 1 heterocycles. The van der Waals surface area contributed by atoms with E-state index in [0.29, 0.717) is 6.42 Å². The van der Waals surface area contributed by atoms with Gasteiger partial charge in [0.1, 0.15) is 0 Å². The van der Waals surface area contributed by atoms with Crippen LogP contribution in [0.2, 0.25) is 0 Å². The first-order valence-corrected chi connectivity index (χ1v) is 3.61. The summed E-state index contributed by atoms with van der Waals surface area (Å²) in [4.78, 5) is 3.12. The van der Waals surface area contributed by atoms with Crippen molar-refractivity contribution in [1.82, 2.24) is 10.1 Å². The topological polar surface area (TPSA) is 64.9 Å². The Morgan fingerprint density at radius 1 is 1.54 bits per heavy atom. The minimum absolute atomic E-state index is 0.116. The lowest BCUT2D eigenvalue weighted by Crippen LogP contribution is -2.11. The third-order valence-corrected chi connectivity index (χ3v) is 1.46. The lowest BCUT2D eigenvalue weighted by molar-refractivity contribution is -0.159. The molecule has 7 heteroatoms. The fraction of sp³-hybridized carbons (Fsp3) is 0.667. The number of alkyl halides is 3. The molecule has 1 rings (SSSR count). The second kappa shape index (κ2) is 3.33. The third-order valence-electron chi connectivity index (χ3n) is 1.46. The van der Waals surface area contributed by atoms with Crippen molar-refractivity contribution in [3.05, 3.63) is 11.7 Å². The molecule has 0 saturated heterocycles. The van der Waals surface area contributed by atoms with Crippen LogP contribution in [-0.2, 0) is 6.18 Å². The molecule has 0 aliphatic carbocycles. The Kier molecular flexibility index (Phi) is 2.55. The number of rotatable bonds is 2. The van der Waals surface area contributed by atoms with Gasteiger partial charge in [-0.25, -0.2) is 0 Å². The zero-order valence-corrected chi connectivity index (χ0v) is 6.80. The van der Waals surface area contributed by atoms with Crippen LogP contribution >= 0.6 is 0 Å². The van der Waals surface area contributed by atoms with Gasteiger partial charge >= 0.3 is 12.1 Å².